The number of aliphatic hydroxyl groups is 1. The maximum atomic E-state index is 11.0. The molecule has 1 atom stereocenters. The van der Waals surface area contributed by atoms with Crippen molar-refractivity contribution < 1.29 is 19.4 Å². The van der Waals surface area contributed by atoms with Crippen molar-refractivity contribution in [1.29, 1.82) is 0 Å². The Hall–Kier alpha value is -0.650. The van der Waals surface area contributed by atoms with E-state index in [1.807, 2.05) is 0 Å². The van der Waals surface area contributed by atoms with E-state index in [0.717, 1.165) is 0 Å². The number of hydrogen-bond donors (Lipinski definition) is 2. The molecule has 0 aromatic heterocycles. The summed E-state index contributed by atoms with van der Waals surface area (Å²) in [5.74, 6) is -0.630. The Kier molecular flexibility index (Phi) is 4.14. The monoisotopic (exact) mass is 189 g/mol. The van der Waals surface area contributed by atoms with Gasteiger partial charge in [-0.1, -0.05) is 0 Å². The van der Waals surface area contributed by atoms with E-state index in [4.69, 9.17) is 20.3 Å². The zero-order valence-electron chi connectivity index (χ0n) is 7.44. The van der Waals surface area contributed by atoms with Gasteiger partial charge in [-0.15, -0.1) is 0 Å². The molecule has 0 amide bonds. The van der Waals surface area contributed by atoms with Crippen LogP contribution in [0.15, 0.2) is 0 Å². The van der Waals surface area contributed by atoms with Crippen LogP contribution in [0.5, 0.6) is 0 Å². The van der Waals surface area contributed by atoms with Crippen LogP contribution in [0.3, 0.4) is 0 Å². The summed E-state index contributed by atoms with van der Waals surface area (Å²) in [5.41, 5.74) is 5.10. The van der Waals surface area contributed by atoms with E-state index in [2.05, 4.69) is 0 Å². The van der Waals surface area contributed by atoms with Crippen molar-refractivity contribution in [3.05, 3.63) is 0 Å². The van der Waals surface area contributed by atoms with Crippen LogP contribution < -0.4 is 5.73 Å². The van der Waals surface area contributed by atoms with Gasteiger partial charge in [0.1, 0.15) is 6.10 Å². The molecule has 0 radical (unpaired) electrons. The average molecular weight is 189 g/mol. The molecule has 5 nitrogen and oxygen atoms in total. The molecule has 0 aromatic carbocycles. The molecule has 1 unspecified atom stereocenters. The minimum Gasteiger partial charge on any atom is -0.460 e. The first kappa shape index (κ1) is 10.4. The molecule has 0 aromatic rings. The molecule has 5 heteroatoms. The Morgan fingerprint density at radius 2 is 2.23 bits per heavy atom. The average Bonchev–Trinajstić information content (AvgIpc) is 2.18. The van der Waals surface area contributed by atoms with Crippen molar-refractivity contribution >= 4 is 5.97 Å². The molecule has 1 aliphatic rings. The highest BCUT2D eigenvalue weighted by Crippen LogP contribution is 2.11. The highest BCUT2D eigenvalue weighted by Gasteiger charge is 2.21. The Morgan fingerprint density at radius 1 is 1.62 bits per heavy atom. The lowest BCUT2D eigenvalue weighted by Crippen LogP contribution is -2.35. The van der Waals surface area contributed by atoms with Crippen molar-refractivity contribution in [1.82, 2.24) is 0 Å². The first-order valence-corrected chi connectivity index (χ1v) is 4.40. The summed E-state index contributed by atoms with van der Waals surface area (Å²) in [4.78, 5) is 11.0. The van der Waals surface area contributed by atoms with Crippen molar-refractivity contribution in [2.24, 2.45) is 5.73 Å². The normalized spacial score (nSPS) is 21.1. The van der Waals surface area contributed by atoms with Crippen molar-refractivity contribution in [2.45, 2.75) is 25.0 Å². The molecule has 3 N–H and O–H groups in total. The fourth-order valence-corrected chi connectivity index (χ4v) is 1.13. The summed E-state index contributed by atoms with van der Waals surface area (Å²) in [6.07, 6.45) is 0.0804. The zero-order chi connectivity index (χ0) is 9.68. The zero-order valence-corrected chi connectivity index (χ0v) is 7.44. The van der Waals surface area contributed by atoms with Crippen LogP contribution in [0.2, 0.25) is 0 Å². The van der Waals surface area contributed by atoms with Crippen LogP contribution in [0.4, 0.5) is 0 Å². The van der Waals surface area contributed by atoms with Crippen LogP contribution in [0, 0.1) is 0 Å². The Bertz CT molecular complexity index is 168. The Morgan fingerprint density at radius 3 is 2.77 bits per heavy atom. The number of esters is 1. The third-order valence-electron chi connectivity index (χ3n) is 1.95. The van der Waals surface area contributed by atoms with Crippen LogP contribution in [0.1, 0.15) is 12.8 Å². The van der Waals surface area contributed by atoms with Crippen LogP contribution >= 0.6 is 0 Å². The first-order chi connectivity index (χ1) is 6.24. The minimum atomic E-state index is -1.19. The fourth-order valence-electron chi connectivity index (χ4n) is 1.13. The van der Waals surface area contributed by atoms with E-state index in [0.29, 0.717) is 26.1 Å². The van der Waals surface area contributed by atoms with Crippen LogP contribution in [0.25, 0.3) is 0 Å². The van der Waals surface area contributed by atoms with Crippen LogP contribution in [-0.2, 0) is 14.3 Å². The molecule has 1 aliphatic heterocycles. The molecule has 1 fully saturated rings. The molecule has 0 bridgehead atoms. The summed E-state index contributed by atoms with van der Waals surface area (Å²) >= 11 is 0. The first-order valence-electron chi connectivity index (χ1n) is 4.40. The molecule has 76 valence electrons. The summed E-state index contributed by atoms with van der Waals surface area (Å²) in [7, 11) is 0. The smallest absolute Gasteiger partial charge is 0.336 e. The molecule has 0 saturated carbocycles. The summed E-state index contributed by atoms with van der Waals surface area (Å²) < 4.78 is 10.1. The summed E-state index contributed by atoms with van der Waals surface area (Å²) in [5, 5.41) is 9.03. The number of nitrogens with two attached hydrogens (primary N) is 1. The second-order valence-electron chi connectivity index (χ2n) is 3.00. The highest BCUT2D eigenvalue weighted by molar-refractivity contribution is 5.74. The van der Waals surface area contributed by atoms with Crippen molar-refractivity contribution in [3.8, 4) is 0 Å². The van der Waals surface area contributed by atoms with Gasteiger partial charge in [-0.25, -0.2) is 4.79 Å². The maximum absolute atomic E-state index is 11.0. The lowest BCUT2D eigenvalue weighted by Gasteiger charge is -2.23. The molecule has 1 rings (SSSR count). The van der Waals surface area contributed by atoms with Crippen molar-refractivity contribution in [2.75, 3.05) is 19.8 Å². The van der Waals surface area contributed by atoms with Gasteiger partial charge in [0.25, 0.3) is 0 Å². The molecule has 1 heterocycles. The number of ether oxygens (including phenoxy) is 2. The standard InChI is InChI=1S/C8H15NO4/c9-5-7(10)8(11)13-6-1-3-12-4-2-6/h6-7,10H,1-5,9H2. The number of carbonyl (C=O) groups is 1. The van der Waals surface area contributed by atoms with Gasteiger partial charge in [-0.3, -0.25) is 0 Å². The third-order valence-corrected chi connectivity index (χ3v) is 1.95. The minimum absolute atomic E-state index is 0.0952. The third kappa shape index (κ3) is 3.30. The van der Waals surface area contributed by atoms with Gasteiger partial charge in [-0.05, 0) is 0 Å². The molecule has 13 heavy (non-hydrogen) atoms. The van der Waals surface area contributed by atoms with E-state index >= 15 is 0 Å². The fraction of sp³-hybridized carbons (Fsp3) is 0.875. The quantitative estimate of drug-likeness (QED) is 0.558. The second-order valence-corrected chi connectivity index (χ2v) is 3.00. The van der Waals surface area contributed by atoms with E-state index < -0.39 is 12.1 Å². The topological polar surface area (TPSA) is 81.8 Å². The molecule has 0 spiro atoms. The number of hydrogen-bond acceptors (Lipinski definition) is 5. The predicted octanol–water partition coefficient (Wildman–Crippen LogP) is -0.972. The van der Waals surface area contributed by atoms with Gasteiger partial charge < -0.3 is 20.3 Å². The molecular formula is C8H15NO4. The lowest BCUT2D eigenvalue weighted by atomic mass is 10.1. The summed E-state index contributed by atoms with van der Waals surface area (Å²) in [6.45, 7) is 1.12. The van der Waals surface area contributed by atoms with Gasteiger partial charge in [-0.2, -0.15) is 0 Å². The number of carbonyl (C=O) groups excluding carboxylic acids is 1. The molecular weight excluding hydrogens is 174 g/mol. The summed E-state index contributed by atoms with van der Waals surface area (Å²) in [6, 6.07) is 0. The highest BCUT2D eigenvalue weighted by atomic mass is 16.6. The van der Waals surface area contributed by atoms with Gasteiger partial charge in [0.15, 0.2) is 6.10 Å². The maximum Gasteiger partial charge on any atom is 0.336 e. The van der Waals surface area contributed by atoms with Crippen molar-refractivity contribution in [3.63, 3.8) is 0 Å². The lowest BCUT2D eigenvalue weighted by molar-refractivity contribution is -0.162. The largest absolute Gasteiger partial charge is 0.460 e. The SMILES string of the molecule is NCC(O)C(=O)OC1CCOCC1. The number of aliphatic hydroxyl groups excluding tert-OH is 1. The van der Waals surface area contributed by atoms with E-state index in [-0.39, 0.29) is 12.6 Å². The van der Waals surface area contributed by atoms with Crippen LogP contribution in [-0.4, -0.2) is 43.0 Å². The van der Waals surface area contributed by atoms with Gasteiger partial charge in [0.2, 0.25) is 0 Å². The van der Waals surface area contributed by atoms with E-state index in [1.54, 1.807) is 0 Å². The molecule has 0 aliphatic carbocycles. The Balaban J connectivity index is 2.26. The molecule has 1 saturated heterocycles. The van der Waals surface area contributed by atoms with Gasteiger partial charge in [0.05, 0.1) is 13.2 Å². The van der Waals surface area contributed by atoms with E-state index in [9.17, 15) is 4.79 Å². The van der Waals surface area contributed by atoms with E-state index in [1.165, 1.54) is 0 Å². The predicted molar refractivity (Wildman–Crippen MR) is 45.0 cm³/mol. The Labute approximate surface area is 76.8 Å². The number of rotatable bonds is 3. The van der Waals surface area contributed by atoms with Gasteiger partial charge >= 0.3 is 5.97 Å². The second kappa shape index (κ2) is 5.16. The van der Waals surface area contributed by atoms with Gasteiger partial charge in [0, 0.05) is 19.4 Å².